The average Bonchev–Trinajstić information content (AvgIpc) is 2.58. The number of carbonyl (C=O) groups is 1. The molecule has 120 valence electrons. The Hall–Kier alpha value is -2.37. The van der Waals surface area contributed by atoms with Gasteiger partial charge in [0.05, 0.1) is 0 Å². The van der Waals surface area contributed by atoms with E-state index >= 15 is 0 Å². The number of para-hydroxylation sites is 1. The van der Waals surface area contributed by atoms with E-state index in [0.29, 0.717) is 5.75 Å². The molecule has 1 aliphatic rings. The summed E-state index contributed by atoms with van der Waals surface area (Å²) >= 11 is 0. The van der Waals surface area contributed by atoms with Gasteiger partial charge in [0.25, 0.3) is 5.91 Å². The number of carbonyl (C=O) groups excluding carboxylic acids is 1. The highest BCUT2D eigenvalue weighted by Gasteiger charge is 2.61. The van der Waals surface area contributed by atoms with Gasteiger partial charge in [-0.2, -0.15) is 5.53 Å². The summed E-state index contributed by atoms with van der Waals surface area (Å²) in [7, 11) is 3.70. The second-order valence-electron chi connectivity index (χ2n) is 5.99. The van der Waals surface area contributed by atoms with Crippen molar-refractivity contribution < 1.29 is 9.53 Å². The lowest BCUT2D eigenvalue weighted by Crippen LogP contribution is -2.77. The van der Waals surface area contributed by atoms with E-state index in [1.807, 2.05) is 81.7 Å². The first-order valence-corrected chi connectivity index (χ1v) is 7.58. The van der Waals surface area contributed by atoms with Crippen molar-refractivity contribution in [3.63, 3.8) is 0 Å². The van der Waals surface area contributed by atoms with Gasteiger partial charge in [-0.3, -0.25) is 4.79 Å². The molecule has 0 radical (unpaired) electrons. The zero-order chi connectivity index (χ0) is 16.4. The van der Waals surface area contributed by atoms with Crippen LogP contribution in [0.3, 0.4) is 0 Å². The maximum Gasteiger partial charge on any atom is 0.282 e. The van der Waals surface area contributed by atoms with Crippen LogP contribution in [0.15, 0.2) is 60.7 Å². The smallest absolute Gasteiger partial charge is 0.282 e. The molecule has 2 aromatic rings. The van der Waals surface area contributed by atoms with E-state index < -0.39 is 11.6 Å². The molecular formula is C18H21N3O2. The molecule has 0 spiro atoms. The molecule has 5 nitrogen and oxygen atoms in total. The summed E-state index contributed by atoms with van der Waals surface area (Å²) in [6.07, 6.45) is -0.570. The number of nitrogens with one attached hydrogen (secondary N) is 1. The van der Waals surface area contributed by atoms with E-state index in [0.717, 1.165) is 5.56 Å². The maximum atomic E-state index is 12.6. The van der Waals surface area contributed by atoms with Crippen LogP contribution in [0.2, 0.25) is 0 Å². The number of β-lactam (4-membered cyclic amide) rings is 1. The molecule has 1 N–H and O–H groups in total. The third-order valence-electron chi connectivity index (χ3n) is 4.08. The molecule has 1 aliphatic heterocycles. The van der Waals surface area contributed by atoms with Crippen LogP contribution < -0.4 is 10.3 Å². The van der Waals surface area contributed by atoms with Gasteiger partial charge in [0, 0.05) is 14.1 Å². The fourth-order valence-electron chi connectivity index (χ4n) is 2.85. The lowest BCUT2D eigenvalue weighted by molar-refractivity contribution is -0.201. The summed E-state index contributed by atoms with van der Waals surface area (Å²) in [5.74, 6) is 0.603. The van der Waals surface area contributed by atoms with Crippen LogP contribution in [0.25, 0.3) is 0 Å². The van der Waals surface area contributed by atoms with Crippen molar-refractivity contribution in [2.75, 3.05) is 14.1 Å². The standard InChI is InChI=1S/C18H21N3O2/c1-18(14-10-6-4-7-11-14)16(17(22)21(18)19-20(2)3)23-15-12-8-5-9-13-15/h4-13,16,19H,1-3H3/t16-,18-/m1/s1. The molecule has 3 rings (SSSR count). The highest BCUT2D eigenvalue weighted by atomic mass is 16.5. The van der Waals surface area contributed by atoms with Crippen molar-refractivity contribution in [3.05, 3.63) is 66.2 Å². The molecule has 0 aromatic heterocycles. The third-order valence-corrected chi connectivity index (χ3v) is 4.08. The number of benzene rings is 2. The average molecular weight is 311 g/mol. The minimum absolute atomic E-state index is 0.0890. The Labute approximate surface area is 136 Å². The van der Waals surface area contributed by atoms with Crippen molar-refractivity contribution in [3.8, 4) is 5.75 Å². The van der Waals surface area contributed by atoms with E-state index in [1.54, 1.807) is 10.0 Å². The summed E-state index contributed by atoms with van der Waals surface area (Å²) in [5, 5.41) is 3.37. The fraction of sp³-hybridized carbons (Fsp3) is 0.278. The van der Waals surface area contributed by atoms with E-state index in [2.05, 4.69) is 5.53 Å². The maximum absolute atomic E-state index is 12.6. The third kappa shape index (κ3) is 2.69. The first-order chi connectivity index (χ1) is 11.0. The van der Waals surface area contributed by atoms with Crippen LogP contribution in [0.5, 0.6) is 5.75 Å². The molecule has 0 aliphatic carbocycles. The summed E-state index contributed by atoms with van der Waals surface area (Å²) in [6, 6.07) is 19.4. The summed E-state index contributed by atoms with van der Waals surface area (Å²) in [6.45, 7) is 2.01. The minimum atomic E-state index is -0.585. The Kier molecular flexibility index (Phi) is 4.07. The highest BCUT2D eigenvalue weighted by Crippen LogP contribution is 2.42. The SMILES string of the molecule is CN(C)NN1C(=O)[C@@H](Oc2ccccc2)[C@@]1(C)c1ccccc1. The number of nitrogens with zero attached hydrogens (tertiary/aromatic N) is 2. The van der Waals surface area contributed by atoms with Crippen LogP contribution in [0.1, 0.15) is 12.5 Å². The normalized spacial score (nSPS) is 23.7. The van der Waals surface area contributed by atoms with Gasteiger partial charge in [0.1, 0.15) is 11.3 Å². The monoisotopic (exact) mass is 311 g/mol. The van der Waals surface area contributed by atoms with E-state index in [-0.39, 0.29) is 5.91 Å². The van der Waals surface area contributed by atoms with Crippen molar-refractivity contribution in [1.29, 1.82) is 0 Å². The lowest BCUT2D eigenvalue weighted by atomic mass is 9.78. The molecule has 0 unspecified atom stereocenters. The molecule has 0 saturated carbocycles. The molecule has 2 aromatic carbocycles. The molecule has 1 amide bonds. The zero-order valence-electron chi connectivity index (χ0n) is 13.6. The van der Waals surface area contributed by atoms with Gasteiger partial charge in [-0.25, -0.2) is 10.0 Å². The topological polar surface area (TPSA) is 44.8 Å². The highest BCUT2D eigenvalue weighted by molar-refractivity contribution is 5.90. The Morgan fingerprint density at radius 3 is 2.17 bits per heavy atom. The van der Waals surface area contributed by atoms with Gasteiger partial charge in [0.2, 0.25) is 6.10 Å². The van der Waals surface area contributed by atoms with Gasteiger partial charge in [0.15, 0.2) is 0 Å². The van der Waals surface area contributed by atoms with Crippen molar-refractivity contribution in [2.24, 2.45) is 0 Å². The van der Waals surface area contributed by atoms with Crippen LogP contribution >= 0.6 is 0 Å². The molecule has 5 heteroatoms. The Balaban J connectivity index is 1.93. The summed E-state index contributed by atoms with van der Waals surface area (Å²) < 4.78 is 5.99. The molecule has 1 heterocycles. The molecule has 1 fully saturated rings. The predicted molar refractivity (Wildman–Crippen MR) is 88.3 cm³/mol. The van der Waals surface area contributed by atoms with Crippen LogP contribution in [-0.2, 0) is 10.3 Å². The van der Waals surface area contributed by atoms with Gasteiger partial charge >= 0.3 is 0 Å². The first kappa shape index (κ1) is 15.5. The Bertz CT molecular complexity index is 675. The summed E-state index contributed by atoms with van der Waals surface area (Å²) in [4.78, 5) is 12.6. The molecule has 1 saturated heterocycles. The number of rotatable bonds is 5. The Morgan fingerprint density at radius 1 is 1.04 bits per heavy atom. The quantitative estimate of drug-likeness (QED) is 0.679. The zero-order valence-corrected chi connectivity index (χ0v) is 13.6. The van der Waals surface area contributed by atoms with Gasteiger partial charge < -0.3 is 4.74 Å². The predicted octanol–water partition coefficient (Wildman–Crippen LogP) is 2.17. The van der Waals surface area contributed by atoms with E-state index in [9.17, 15) is 4.79 Å². The molecule has 2 atom stereocenters. The molecule has 23 heavy (non-hydrogen) atoms. The van der Waals surface area contributed by atoms with Crippen LogP contribution in [0, 0.1) is 0 Å². The number of hydrazine groups is 2. The molecular weight excluding hydrogens is 290 g/mol. The number of hydrogen-bond donors (Lipinski definition) is 1. The number of amides is 1. The lowest BCUT2D eigenvalue weighted by Gasteiger charge is -2.55. The van der Waals surface area contributed by atoms with E-state index in [1.165, 1.54) is 0 Å². The van der Waals surface area contributed by atoms with Crippen LogP contribution in [0.4, 0.5) is 0 Å². The fourth-order valence-corrected chi connectivity index (χ4v) is 2.85. The summed E-state index contributed by atoms with van der Waals surface area (Å²) in [5.41, 5.74) is 3.51. The number of hydrogen-bond acceptors (Lipinski definition) is 4. The number of ether oxygens (including phenoxy) is 1. The van der Waals surface area contributed by atoms with E-state index in [4.69, 9.17) is 4.74 Å². The van der Waals surface area contributed by atoms with Crippen molar-refractivity contribution in [1.82, 2.24) is 15.6 Å². The van der Waals surface area contributed by atoms with Gasteiger partial charge in [-0.1, -0.05) is 48.5 Å². The second kappa shape index (κ2) is 6.02. The van der Waals surface area contributed by atoms with Crippen molar-refractivity contribution in [2.45, 2.75) is 18.6 Å². The van der Waals surface area contributed by atoms with Crippen molar-refractivity contribution >= 4 is 5.91 Å². The van der Waals surface area contributed by atoms with Gasteiger partial charge in [-0.05, 0) is 24.6 Å². The Morgan fingerprint density at radius 2 is 1.61 bits per heavy atom. The largest absolute Gasteiger partial charge is 0.478 e. The van der Waals surface area contributed by atoms with Crippen LogP contribution in [-0.4, -0.2) is 36.1 Å². The second-order valence-corrected chi connectivity index (χ2v) is 5.99. The van der Waals surface area contributed by atoms with Gasteiger partial charge in [-0.15, -0.1) is 0 Å². The first-order valence-electron chi connectivity index (χ1n) is 7.58. The minimum Gasteiger partial charge on any atom is -0.478 e. The molecule has 0 bridgehead atoms.